The predicted molar refractivity (Wildman–Crippen MR) is 83.1 cm³/mol. The van der Waals surface area contributed by atoms with Crippen molar-refractivity contribution in [3.63, 3.8) is 0 Å². The molecule has 0 aromatic carbocycles. The molecule has 1 aliphatic rings. The summed E-state index contributed by atoms with van der Waals surface area (Å²) < 4.78 is 0. The quantitative estimate of drug-likeness (QED) is 0.592. The Labute approximate surface area is 119 Å². The van der Waals surface area contributed by atoms with Crippen molar-refractivity contribution in [1.82, 2.24) is 0 Å². The molecule has 0 heterocycles. The molecule has 0 radical (unpaired) electrons. The maximum absolute atomic E-state index is 12.2. The highest BCUT2D eigenvalue weighted by Gasteiger charge is 2.35. The first-order valence-electron chi connectivity index (χ1n) is 7.88. The van der Waals surface area contributed by atoms with E-state index in [0.717, 1.165) is 19.3 Å². The van der Waals surface area contributed by atoms with Crippen molar-refractivity contribution in [2.75, 3.05) is 0 Å². The lowest BCUT2D eigenvalue weighted by Crippen LogP contribution is -2.32. The third kappa shape index (κ3) is 4.33. The van der Waals surface area contributed by atoms with Crippen LogP contribution in [0, 0.1) is 17.8 Å². The van der Waals surface area contributed by atoms with E-state index in [-0.39, 0.29) is 5.92 Å². The van der Waals surface area contributed by atoms with E-state index in [1.54, 1.807) is 0 Å². The highest BCUT2D eigenvalue weighted by Crippen LogP contribution is 2.40. The molecule has 1 rings (SSSR count). The summed E-state index contributed by atoms with van der Waals surface area (Å²) in [6.45, 7) is 12.7. The van der Waals surface area contributed by atoms with Gasteiger partial charge in [-0.05, 0) is 44.4 Å². The van der Waals surface area contributed by atoms with Crippen molar-refractivity contribution in [2.45, 2.75) is 66.2 Å². The highest BCUT2D eigenvalue weighted by atomic mass is 16.1. The lowest BCUT2D eigenvalue weighted by Gasteiger charge is -2.35. The summed E-state index contributed by atoms with van der Waals surface area (Å²) in [7, 11) is 0. The first kappa shape index (κ1) is 16.2. The van der Waals surface area contributed by atoms with Gasteiger partial charge in [0.15, 0.2) is 0 Å². The Morgan fingerprint density at radius 3 is 2.63 bits per heavy atom. The average molecular weight is 262 g/mol. The molecule has 1 heteroatoms. The second-order valence-corrected chi connectivity index (χ2v) is 6.14. The van der Waals surface area contributed by atoms with Gasteiger partial charge in [-0.2, -0.15) is 0 Å². The minimum Gasteiger partial charge on any atom is -0.299 e. The molecule has 0 aromatic rings. The Hall–Kier alpha value is -0.850. The zero-order chi connectivity index (χ0) is 14.4. The molecule has 1 fully saturated rings. The standard InChI is InChI=1S/C18H30O/c1-6-8-10-15(9-7-2)17-11-16(13(3)4)12-18(19)14(17)5/h9,14,16-17H,3,6-8,10-12H2,1-2,4-5H3/b15-9+/t14?,16-,17-/m1/s1. The highest BCUT2D eigenvalue weighted by molar-refractivity contribution is 5.82. The van der Waals surface area contributed by atoms with Crippen molar-refractivity contribution >= 4 is 5.78 Å². The molecule has 0 aromatic heterocycles. The molecule has 0 amide bonds. The van der Waals surface area contributed by atoms with Gasteiger partial charge in [0.2, 0.25) is 0 Å². The largest absolute Gasteiger partial charge is 0.299 e. The minimum absolute atomic E-state index is 0.199. The third-order valence-electron chi connectivity index (χ3n) is 4.56. The first-order valence-corrected chi connectivity index (χ1v) is 7.88. The van der Waals surface area contributed by atoms with Crippen molar-refractivity contribution in [3.05, 3.63) is 23.8 Å². The molecule has 1 aliphatic carbocycles. The van der Waals surface area contributed by atoms with E-state index in [4.69, 9.17) is 0 Å². The molecule has 3 atom stereocenters. The third-order valence-corrected chi connectivity index (χ3v) is 4.56. The van der Waals surface area contributed by atoms with Crippen molar-refractivity contribution in [2.24, 2.45) is 17.8 Å². The van der Waals surface area contributed by atoms with Crippen LogP contribution in [0.15, 0.2) is 23.8 Å². The van der Waals surface area contributed by atoms with Crippen LogP contribution in [-0.2, 0) is 4.79 Å². The number of rotatable bonds is 6. The Kier molecular flexibility index (Phi) is 6.54. The van der Waals surface area contributed by atoms with Gasteiger partial charge in [-0.15, -0.1) is 0 Å². The van der Waals surface area contributed by atoms with Crippen LogP contribution in [0.5, 0.6) is 0 Å². The summed E-state index contributed by atoms with van der Waals surface area (Å²) in [4.78, 5) is 12.2. The summed E-state index contributed by atoms with van der Waals surface area (Å²) in [5.74, 6) is 1.48. The van der Waals surface area contributed by atoms with Crippen LogP contribution < -0.4 is 0 Å². The van der Waals surface area contributed by atoms with Crippen LogP contribution in [0.25, 0.3) is 0 Å². The number of carbonyl (C=O) groups is 1. The number of carbonyl (C=O) groups excluding carboxylic acids is 1. The summed E-state index contributed by atoms with van der Waals surface area (Å²) in [6.07, 6.45) is 8.90. The van der Waals surface area contributed by atoms with Crippen LogP contribution in [0.3, 0.4) is 0 Å². The molecule has 0 spiro atoms. The molecule has 1 nitrogen and oxygen atoms in total. The second kappa shape index (κ2) is 7.67. The lowest BCUT2D eigenvalue weighted by atomic mass is 9.68. The second-order valence-electron chi connectivity index (χ2n) is 6.14. The van der Waals surface area contributed by atoms with E-state index < -0.39 is 0 Å². The topological polar surface area (TPSA) is 17.1 Å². The Morgan fingerprint density at radius 2 is 2.11 bits per heavy atom. The van der Waals surface area contributed by atoms with E-state index in [0.29, 0.717) is 24.0 Å². The van der Waals surface area contributed by atoms with Crippen molar-refractivity contribution in [1.29, 1.82) is 0 Å². The molecular formula is C18H30O. The van der Waals surface area contributed by atoms with Crippen LogP contribution >= 0.6 is 0 Å². The fourth-order valence-electron chi connectivity index (χ4n) is 3.18. The van der Waals surface area contributed by atoms with Gasteiger partial charge in [0.25, 0.3) is 0 Å². The van der Waals surface area contributed by atoms with Gasteiger partial charge in [0.1, 0.15) is 5.78 Å². The van der Waals surface area contributed by atoms with E-state index in [9.17, 15) is 4.79 Å². The summed E-state index contributed by atoms with van der Waals surface area (Å²) in [5.41, 5.74) is 2.70. The molecule has 108 valence electrons. The van der Waals surface area contributed by atoms with Crippen LogP contribution in [0.2, 0.25) is 0 Å². The van der Waals surface area contributed by atoms with Crippen LogP contribution in [0.4, 0.5) is 0 Å². The minimum atomic E-state index is 0.199. The number of ketones is 1. The van der Waals surface area contributed by atoms with Gasteiger partial charge in [0, 0.05) is 12.3 Å². The normalized spacial score (nSPS) is 28.5. The zero-order valence-corrected chi connectivity index (χ0v) is 13.2. The maximum atomic E-state index is 12.2. The van der Waals surface area contributed by atoms with Crippen molar-refractivity contribution < 1.29 is 4.79 Å². The van der Waals surface area contributed by atoms with Gasteiger partial charge in [-0.3, -0.25) is 4.79 Å². The number of Topliss-reactive ketones (excluding diaryl/α,β-unsaturated/α-hetero) is 1. The fourth-order valence-corrected chi connectivity index (χ4v) is 3.18. The number of hydrogen-bond acceptors (Lipinski definition) is 1. The summed E-state index contributed by atoms with van der Waals surface area (Å²) >= 11 is 0. The van der Waals surface area contributed by atoms with Gasteiger partial charge in [0.05, 0.1) is 0 Å². The van der Waals surface area contributed by atoms with E-state index >= 15 is 0 Å². The van der Waals surface area contributed by atoms with Gasteiger partial charge in [-0.1, -0.05) is 51.0 Å². The molecule has 0 aliphatic heterocycles. The predicted octanol–water partition coefficient (Wildman–Crippen LogP) is 5.32. The molecule has 0 bridgehead atoms. The van der Waals surface area contributed by atoms with Gasteiger partial charge < -0.3 is 0 Å². The molecule has 1 saturated carbocycles. The van der Waals surface area contributed by atoms with Gasteiger partial charge in [-0.25, -0.2) is 0 Å². The van der Waals surface area contributed by atoms with E-state index in [1.807, 2.05) is 0 Å². The monoisotopic (exact) mass is 262 g/mol. The average Bonchev–Trinajstić information content (AvgIpc) is 2.37. The van der Waals surface area contributed by atoms with Crippen LogP contribution in [-0.4, -0.2) is 5.78 Å². The maximum Gasteiger partial charge on any atom is 0.136 e. The summed E-state index contributed by atoms with van der Waals surface area (Å²) in [5, 5.41) is 0. The molecule has 19 heavy (non-hydrogen) atoms. The number of allylic oxidation sites excluding steroid dienone is 3. The Bertz CT molecular complexity index is 351. The van der Waals surface area contributed by atoms with E-state index in [2.05, 4.69) is 40.3 Å². The fraction of sp³-hybridized carbons (Fsp3) is 0.722. The van der Waals surface area contributed by atoms with Crippen LogP contribution in [0.1, 0.15) is 66.2 Å². The smallest absolute Gasteiger partial charge is 0.136 e. The SMILES string of the molecule is C=C(C)[C@H]1CC(=O)C(C)[C@H](/C(=C/CC)CCCC)C1. The molecular weight excluding hydrogens is 232 g/mol. The number of unbranched alkanes of at least 4 members (excludes halogenated alkanes) is 1. The Morgan fingerprint density at radius 1 is 1.42 bits per heavy atom. The zero-order valence-electron chi connectivity index (χ0n) is 13.2. The molecule has 0 N–H and O–H groups in total. The van der Waals surface area contributed by atoms with Crippen molar-refractivity contribution in [3.8, 4) is 0 Å². The Balaban J connectivity index is 2.88. The molecule has 0 saturated heterocycles. The van der Waals surface area contributed by atoms with Gasteiger partial charge >= 0.3 is 0 Å². The molecule has 1 unspecified atom stereocenters. The van der Waals surface area contributed by atoms with E-state index in [1.165, 1.54) is 24.0 Å². The summed E-state index contributed by atoms with van der Waals surface area (Å²) in [6, 6.07) is 0. The first-order chi connectivity index (χ1) is 9.01. The lowest BCUT2D eigenvalue weighted by molar-refractivity contribution is -0.126. The number of hydrogen-bond donors (Lipinski definition) is 0.